The van der Waals surface area contributed by atoms with Crippen LogP contribution in [0.4, 0.5) is 4.79 Å². The fourth-order valence-electron chi connectivity index (χ4n) is 3.32. The van der Waals surface area contributed by atoms with E-state index < -0.39 is 17.7 Å². The third-order valence-corrected chi connectivity index (χ3v) is 4.50. The zero-order chi connectivity index (χ0) is 19.6. The summed E-state index contributed by atoms with van der Waals surface area (Å²) in [4.78, 5) is 41.2. The van der Waals surface area contributed by atoms with Gasteiger partial charge in [0, 0.05) is 19.6 Å². The number of carbonyl (C=O) groups is 2. The molecule has 2 aromatic rings. The molecule has 0 spiro atoms. The first-order valence-electron chi connectivity index (χ1n) is 9.21. The molecule has 3 rings (SSSR count). The molecule has 1 aliphatic heterocycles. The quantitative estimate of drug-likeness (QED) is 0.853. The van der Waals surface area contributed by atoms with Crippen LogP contribution in [0, 0.1) is 0 Å². The molecule has 0 radical (unpaired) electrons. The topological polar surface area (TPSA) is 96.4 Å². The number of para-hydroxylation sites is 2. The molecular formula is C19H26N4O4. The molecule has 0 aliphatic carbocycles. The molecule has 1 aromatic heterocycles. The third kappa shape index (κ3) is 4.32. The van der Waals surface area contributed by atoms with Gasteiger partial charge in [-0.3, -0.25) is 14.3 Å². The number of aromatic nitrogens is 2. The largest absolute Gasteiger partial charge is 0.444 e. The number of hydrogen-bond donors (Lipinski definition) is 2. The van der Waals surface area contributed by atoms with Gasteiger partial charge in [0.25, 0.3) is 0 Å². The lowest BCUT2D eigenvalue weighted by Crippen LogP contribution is -2.48. The van der Waals surface area contributed by atoms with Crippen LogP contribution in [0.25, 0.3) is 11.0 Å². The van der Waals surface area contributed by atoms with Crippen molar-refractivity contribution < 1.29 is 14.3 Å². The minimum Gasteiger partial charge on any atom is -0.444 e. The van der Waals surface area contributed by atoms with E-state index in [-0.39, 0.29) is 11.6 Å². The standard InChI is InChI=1S/C19H26N4O4/c1-19(2,3)27-18(26)23-11-6-9-15(23)16(24)20-10-12-22-14-8-5-4-7-13(14)21-17(22)25/h4-5,7-8,15H,6,9-12H2,1-3H3,(H,20,24)(H,21,25). The highest BCUT2D eigenvalue weighted by molar-refractivity contribution is 5.86. The second-order valence-corrected chi connectivity index (χ2v) is 7.72. The Hall–Kier alpha value is -2.77. The van der Waals surface area contributed by atoms with Crippen molar-refractivity contribution in [2.24, 2.45) is 0 Å². The highest BCUT2D eigenvalue weighted by Gasteiger charge is 2.36. The van der Waals surface area contributed by atoms with Crippen LogP contribution in [-0.2, 0) is 16.1 Å². The Morgan fingerprint density at radius 2 is 2.04 bits per heavy atom. The zero-order valence-electron chi connectivity index (χ0n) is 15.9. The monoisotopic (exact) mass is 374 g/mol. The van der Waals surface area contributed by atoms with Gasteiger partial charge in [0.05, 0.1) is 11.0 Å². The van der Waals surface area contributed by atoms with Gasteiger partial charge < -0.3 is 15.0 Å². The van der Waals surface area contributed by atoms with Crippen molar-refractivity contribution in [2.45, 2.75) is 51.8 Å². The van der Waals surface area contributed by atoms with Crippen molar-refractivity contribution in [2.75, 3.05) is 13.1 Å². The molecular weight excluding hydrogens is 348 g/mol. The van der Waals surface area contributed by atoms with E-state index in [1.54, 1.807) is 25.3 Å². The summed E-state index contributed by atoms with van der Waals surface area (Å²) in [7, 11) is 0. The minimum atomic E-state index is -0.600. The van der Waals surface area contributed by atoms with Crippen LogP contribution in [-0.4, -0.2) is 51.2 Å². The third-order valence-electron chi connectivity index (χ3n) is 4.50. The number of nitrogens with zero attached hydrogens (tertiary/aromatic N) is 2. The van der Waals surface area contributed by atoms with Crippen molar-refractivity contribution in [1.82, 2.24) is 19.8 Å². The van der Waals surface area contributed by atoms with Crippen LogP contribution >= 0.6 is 0 Å². The number of nitrogens with one attached hydrogen (secondary N) is 2. The number of fused-ring (bicyclic) bond motifs is 1. The summed E-state index contributed by atoms with van der Waals surface area (Å²) in [6, 6.07) is 6.89. The van der Waals surface area contributed by atoms with Gasteiger partial charge in [0.1, 0.15) is 11.6 Å². The van der Waals surface area contributed by atoms with Gasteiger partial charge in [-0.15, -0.1) is 0 Å². The summed E-state index contributed by atoms with van der Waals surface area (Å²) in [6.07, 6.45) is 0.908. The van der Waals surface area contributed by atoms with Gasteiger partial charge in [-0.25, -0.2) is 9.59 Å². The Bertz CT molecular complexity index is 893. The lowest BCUT2D eigenvalue weighted by molar-refractivity contribution is -0.125. The molecule has 1 aromatic carbocycles. The van der Waals surface area contributed by atoms with E-state index in [2.05, 4.69) is 10.3 Å². The number of ether oxygens (including phenoxy) is 1. The van der Waals surface area contributed by atoms with Gasteiger partial charge in [-0.2, -0.15) is 0 Å². The van der Waals surface area contributed by atoms with Gasteiger partial charge in [0.2, 0.25) is 5.91 Å². The van der Waals surface area contributed by atoms with Crippen molar-refractivity contribution >= 4 is 23.0 Å². The lowest BCUT2D eigenvalue weighted by Gasteiger charge is -2.28. The number of benzene rings is 1. The van der Waals surface area contributed by atoms with Crippen molar-refractivity contribution in [3.05, 3.63) is 34.7 Å². The van der Waals surface area contributed by atoms with Gasteiger partial charge in [0.15, 0.2) is 0 Å². The summed E-state index contributed by atoms with van der Waals surface area (Å²) in [6.45, 7) is 6.57. The number of likely N-dealkylation sites (tertiary alicyclic amines) is 1. The van der Waals surface area contributed by atoms with E-state index in [1.807, 2.05) is 24.3 Å². The second-order valence-electron chi connectivity index (χ2n) is 7.72. The Balaban J connectivity index is 1.59. The number of carbonyl (C=O) groups excluding carboxylic acids is 2. The van der Waals surface area contributed by atoms with E-state index in [4.69, 9.17) is 4.74 Å². The van der Waals surface area contributed by atoms with Crippen molar-refractivity contribution in [1.29, 1.82) is 0 Å². The number of hydrogen-bond acceptors (Lipinski definition) is 4. The predicted molar refractivity (Wildman–Crippen MR) is 102 cm³/mol. The molecule has 8 nitrogen and oxygen atoms in total. The van der Waals surface area contributed by atoms with Crippen LogP contribution in [0.1, 0.15) is 33.6 Å². The molecule has 1 saturated heterocycles. The first kappa shape index (κ1) is 19.0. The fourth-order valence-corrected chi connectivity index (χ4v) is 3.32. The highest BCUT2D eigenvalue weighted by Crippen LogP contribution is 2.21. The molecule has 0 bridgehead atoms. The molecule has 1 unspecified atom stereocenters. The molecule has 8 heteroatoms. The molecule has 2 heterocycles. The number of amides is 2. The predicted octanol–water partition coefficient (Wildman–Crippen LogP) is 1.85. The summed E-state index contributed by atoms with van der Waals surface area (Å²) < 4.78 is 6.98. The molecule has 1 aliphatic rings. The molecule has 1 fully saturated rings. The molecule has 0 saturated carbocycles. The maximum Gasteiger partial charge on any atom is 0.410 e. The summed E-state index contributed by atoms with van der Waals surface area (Å²) >= 11 is 0. The average molecular weight is 374 g/mol. The van der Waals surface area contributed by atoms with Gasteiger partial charge in [-0.1, -0.05) is 12.1 Å². The Morgan fingerprint density at radius 1 is 1.30 bits per heavy atom. The van der Waals surface area contributed by atoms with E-state index in [1.165, 1.54) is 4.90 Å². The molecule has 1 atom stereocenters. The molecule has 146 valence electrons. The number of imidazole rings is 1. The maximum atomic E-state index is 12.5. The van der Waals surface area contributed by atoms with E-state index in [0.717, 1.165) is 17.5 Å². The van der Waals surface area contributed by atoms with Crippen LogP contribution in [0.5, 0.6) is 0 Å². The van der Waals surface area contributed by atoms with Crippen LogP contribution in [0.15, 0.2) is 29.1 Å². The lowest BCUT2D eigenvalue weighted by atomic mass is 10.2. The van der Waals surface area contributed by atoms with Crippen molar-refractivity contribution in [3.8, 4) is 0 Å². The van der Waals surface area contributed by atoms with E-state index in [0.29, 0.717) is 26.1 Å². The van der Waals surface area contributed by atoms with Crippen LogP contribution in [0.2, 0.25) is 0 Å². The molecule has 2 amide bonds. The van der Waals surface area contributed by atoms with E-state index in [9.17, 15) is 14.4 Å². The summed E-state index contributed by atoms with van der Waals surface area (Å²) in [5, 5.41) is 2.84. The summed E-state index contributed by atoms with van der Waals surface area (Å²) in [5.74, 6) is -0.216. The van der Waals surface area contributed by atoms with Gasteiger partial charge >= 0.3 is 11.8 Å². The molecule has 2 N–H and O–H groups in total. The van der Waals surface area contributed by atoms with Crippen LogP contribution < -0.4 is 11.0 Å². The first-order chi connectivity index (χ1) is 12.8. The first-order valence-corrected chi connectivity index (χ1v) is 9.21. The normalized spacial score (nSPS) is 17.3. The smallest absolute Gasteiger partial charge is 0.410 e. The Labute approximate surface area is 157 Å². The number of aromatic amines is 1. The number of rotatable bonds is 4. The number of H-pyrrole nitrogens is 1. The Morgan fingerprint density at radius 3 is 2.78 bits per heavy atom. The average Bonchev–Trinajstić information content (AvgIpc) is 3.18. The minimum absolute atomic E-state index is 0.207. The zero-order valence-corrected chi connectivity index (χ0v) is 15.9. The van der Waals surface area contributed by atoms with Crippen LogP contribution in [0.3, 0.4) is 0 Å². The SMILES string of the molecule is CC(C)(C)OC(=O)N1CCCC1C(=O)NCCn1c(=O)[nH]c2ccccc21. The molecule has 27 heavy (non-hydrogen) atoms. The Kier molecular flexibility index (Phi) is 5.25. The van der Waals surface area contributed by atoms with Gasteiger partial charge in [-0.05, 0) is 45.7 Å². The highest BCUT2D eigenvalue weighted by atomic mass is 16.6. The van der Waals surface area contributed by atoms with Crippen molar-refractivity contribution in [3.63, 3.8) is 0 Å². The fraction of sp³-hybridized carbons (Fsp3) is 0.526. The second kappa shape index (κ2) is 7.46. The summed E-state index contributed by atoms with van der Waals surface area (Å²) in [5.41, 5.74) is 0.757. The van der Waals surface area contributed by atoms with E-state index >= 15 is 0 Å². The maximum absolute atomic E-state index is 12.5.